The Balaban J connectivity index is 0.000000605. The lowest BCUT2D eigenvalue weighted by molar-refractivity contribution is 1.34. The van der Waals surface area contributed by atoms with Crippen molar-refractivity contribution in [2.24, 2.45) is 0 Å². The predicted octanol–water partition coefficient (Wildman–Crippen LogP) is 2.75. The molecule has 1 aromatic heterocycles. The lowest BCUT2D eigenvalue weighted by atomic mass is 10.3. The van der Waals surface area contributed by atoms with Gasteiger partial charge in [0.15, 0.2) is 0 Å². The molecule has 58 valence electrons. The number of aromatic nitrogens is 2. The fourth-order valence-corrected chi connectivity index (χ4v) is 1.27. The van der Waals surface area contributed by atoms with E-state index in [0.29, 0.717) is 0 Å². The van der Waals surface area contributed by atoms with Gasteiger partial charge in [-0.25, -0.2) is 4.98 Å². The Kier molecular flexibility index (Phi) is 2.52. The van der Waals surface area contributed by atoms with Gasteiger partial charge in [-0.3, -0.25) is 0 Å². The van der Waals surface area contributed by atoms with Crippen LogP contribution in [-0.4, -0.2) is 9.97 Å². The van der Waals surface area contributed by atoms with Crippen LogP contribution in [0.5, 0.6) is 0 Å². The molecular weight excluding hydrogens is 227 g/mol. The Bertz CT molecular complexity index is 358. The third-order valence-electron chi connectivity index (χ3n) is 1.38. The highest BCUT2D eigenvalue weighted by Gasteiger charge is 1.93. The first-order valence-corrected chi connectivity index (χ1v) is 3.74. The maximum Gasteiger partial charge on any atom is 0.0931 e. The zero-order valence-corrected chi connectivity index (χ0v) is 7.95. The van der Waals surface area contributed by atoms with E-state index < -0.39 is 0 Å². The molecule has 0 atom stereocenters. The molecule has 0 saturated carbocycles. The summed E-state index contributed by atoms with van der Waals surface area (Å²) in [6.45, 7) is 0. The van der Waals surface area contributed by atoms with E-state index in [0.717, 1.165) is 15.5 Å². The highest BCUT2D eigenvalue weighted by atomic mass is 79.9. The van der Waals surface area contributed by atoms with Crippen LogP contribution >= 0.6 is 28.3 Å². The van der Waals surface area contributed by atoms with E-state index in [2.05, 4.69) is 25.9 Å². The van der Waals surface area contributed by atoms with E-state index in [1.165, 1.54) is 0 Å². The molecule has 0 spiro atoms. The molecule has 11 heavy (non-hydrogen) atoms. The zero-order chi connectivity index (χ0) is 6.97. The molecule has 0 aliphatic rings. The number of rotatable bonds is 0. The number of nitrogens with zero attached hydrogens (tertiary/aromatic N) is 1. The van der Waals surface area contributed by atoms with E-state index in [9.17, 15) is 0 Å². The summed E-state index contributed by atoms with van der Waals surface area (Å²) < 4.78 is 1.07. The minimum absolute atomic E-state index is 0. The number of hydrogen-bond donors (Lipinski definition) is 1. The van der Waals surface area contributed by atoms with E-state index in [-0.39, 0.29) is 12.4 Å². The van der Waals surface area contributed by atoms with Crippen LogP contribution in [-0.2, 0) is 0 Å². The van der Waals surface area contributed by atoms with Crippen LogP contribution in [0.15, 0.2) is 29.0 Å². The Labute approximate surface area is 78.6 Å². The first-order chi connectivity index (χ1) is 4.86. The maximum absolute atomic E-state index is 4.08. The summed E-state index contributed by atoms with van der Waals surface area (Å²) in [6, 6.07) is 5.95. The second-order valence-corrected chi connectivity index (χ2v) is 2.98. The number of aromatic amines is 1. The van der Waals surface area contributed by atoms with Gasteiger partial charge < -0.3 is 4.98 Å². The average molecular weight is 233 g/mol. The number of benzene rings is 1. The van der Waals surface area contributed by atoms with Crippen molar-refractivity contribution in [2.75, 3.05) is 0 Å². The van der Waals surface area contributed by atoms with Crippen molar-refractivity contribution in [3.05, 3.63) is 29.0 Å². The summed E-state index contributed by atoms with van der Waals surface area (Å²) >= 11 is 3.37. The van der Waals surface area contributed by atoms with Gasteiger partial charge in [-0.05, 0) is 18.2 Å². The quantitative estimate of drug-likeness (QED) is 0.745. The number of imidazole rings is 1. The smallest absolute Gasteiger partial charge is 0.0931 e. The summed E-state index contributed by atoms with van der Waals surface area (Å²) in [5, 5.41) is 0. The van der Waals surface area contributed by atoms with Gasteiger partial charge in [0.25, 0.3) is 0 Å². The minimum Gasteiger partial charge on any atom is -0.345 e. The van der Waals surface area contributed by atoms with Crippen molar-refractivity contribution < 1.29 is 0 Å². The Morgan fingerprint density at radius 2 is 2.18 bits per heavy atom. The van der Waals surface area contributed by atoms with Crippen LogP contribution in [0.1, 0.15) is 0 Å². The standard InChI is InChI=1S/C7H5BrN2.ClH/c8-5-1-2-6-7(3-5)10-4-9-6;/h1-4H,(H,9,10);1H. The monoisotopic (exact) mass is 232 g/mol. The van der Waals surface area contributed by atoms with E-state index in [4.69, 9.17) is 0 Å². The molecule has 1 heterocycles. The molecule has 0 bridgehead atoms. The van der Waals surface area contributed by atoms with Gasteiger partial charge in [-0.1, -0.05) is 15.9 Å². The second kappa shape index (κ2) is 3.24. The van der Waals surface area contributed by atoms with Gasteiger partial charge in [0.1, 0.15) is 0 Å². The average Bonchev–Trinajstić information content (AvgIpc) is 2.33. The third-order valence-corrected chi connectivity index (χ3v) is 1.88. The molecular formula is C7H6BrClN2. The number of nitrogens with one attached hydrogen (secondary N) is 1. The molecule has 0 aliphatic heterocycles. The predicted molar refractivity (Wildman–Crippen MR) is 51.0 cm³/mol. The van der Waals surface area contributed by atoms with Gasteiger partial charge in [0.2, 0.25) is 0 Å². The Morgan fingerprint density at radius 1 is 1.36 bits per heavy atom. The van der Waals surface area contributed by atoms with Crippen LogP contribution in [0.25, 0.3) is 11.0 Å². The van der Waals surface area contributed by atoms with Gasteiger partial charge in [-0.2, -0.15) is 0 Å². The van der Waals surface area contributed by atoms with Crippen LogP contribution < -0.4 is 0 Å². The number of H-pyrrole nitrogens is 1. The summed E-state index contributed by atoms with van der Waals surface area (Å²) in [6.07, 6.45) is 1.69. The SMILES string of the molecule is Brc1ccc2nc[nH]c2c1.Cl. The van der Waals surface area contributed by atoms with E-state index >= 15 is 0 Å². The number of halogens is 2. The normalized spacial score (nSPS) is 9.55. The van der Waals surface area contributed by atoms with Gasteiger partial charge >= 0.3 is 0 Å². The van der Waals surface area contributed by atoms with Crippen molar-refractivity contribution in [3.63, 3.8) is 0 Å². The molecule has 0 unspecified atom stereocenters. The van der Waals surface area contributed by atoms with E-state index in [1.54, 1.807) is 6.33 Å². The van der Waals surface area contributed by atoms with Crippen molar-refractivity contribution in [3.8, 4) is 0 Å². The fraction of sp³-hybridized carbons (Fsp3) is 0. The molecule has 0 aliphatic carbocycles. The van der Waals surface area contributed by atoms with E-state index in [1.807, 2.05) is 18.2 Å². The molecule has 1 aromatic carbocycles. The summed E-state index contributed by atoms with van der Waals surface area (Å²) in [5.74, 6) is 0. The topological polar surface area (TPSA) is 28.7 Å². The van der Waals surface area contributed by atoms with Crippen LogP contribution in [0.3, 0.4) is 0 Å². The zero-order valence-electron chi connectivity index (χ0n) is 5.54. The first kappa shape index (κ1) is 8.56. The lowest BCUT2D eigenvalue weighted by Crippen LogP contribution is -1.67. The van der Waals surface area contributed by atoms with Crippen molar-refractivity contribution in [1.29, 1.82) is 0 Å². The summed E-state index contributed by atoms with van der Waals surface area (Å²) in [7, 11) is 0. The largest absolute Gasteiger partial charge is 0.345 e. The number of hydrogen-bond acceptors (Lipinski definition) is 1. The van der Waals surface area contributed by atoms with Crippen LogP contribution in [0.2, 0.25) is 0 Å². The van der Waals surface area contributed by atoms with Crippen molar-refractivity contribution in [1.82, 2.24) is 9.97 Å². The minimum atomic E-state index is 0. The Hall–Kier alpha value is -0.540. The maximum atomic E-state index is 4.08. The van der Waals surface area contributed by atoms with Crippen LogP contribution in [0.4, 0.5) is 0 Å². The summed E-state index contributed by atoms with van der Waals surface area (Å²) in [4.78, 5) is 7.10. The van der Waals surface area contributed by atoms with Gasteiger partial charge in [0, 0.05) is 4.47 Å². The van der Waals surface area contributed by atoms with Gasteiger partial charge in [-0.15, -0.1) is 12.4 Å². The molecule has 2 rings (SSSR count). The molecule has 1 N–H and O–H groups in total. The molecule has 0 fully saturated rings. The highest BCUT2D eigenvalue weighted by molar-refractivity contribution is 9.10. The second-order valence-electron chi connectivity index (χ2n) is 2.06. The van der Waals surface area contributed by atoms with Gasteiger partial charge in [0.05, 0.1) is 17.4 Å². The first-order valence-electron chi connectivity index (χ1n) is 2.95. The molecule has 2 nitrogen and oxygen atoms in total. The summed E-state index contributed by atoms with van der Waals surface area (Å²) in [5.41, 5.74) is 2.07. The molecule has 0 saturated heterocycles. The molecule has 2 aromatic rings. The third kappa shape index (κ3) is 1.54. The van der Waals surface area contributed by atoms with Crippen molar-refractivity contribution >= 4 is 39.4 Å². The van der Waals surface area contributed by atoms with Crippen molar-refractivity contribution in [2.45, 2.75) is 0 Å². The molecule has 0 amide bonds. The number of fused-ring (bicyclic) bond motifs is 1. The Morgan fingerprint density at radius 3 is 3.00 bits per heavy atom. The molecule has 4 heteroatoms. The lowest BCUT2D eigenvalue weighted by Gasteiger charge is -1.87. The van der Waals surface area contributed by atoms with Crippen LogP contribution in [0, 0.1) is 0 Å². The highest BCUT2D eigenvalue weighted by Crippen LogP contribution is 2.15. The fourth-order valence-electron chi connectivity index (χ4n) is 0.908. The molecule has 0 radical (unpaired) electrons.